The van der Waals surface area contributed by atoms with Gasteiger partial charge in [0.05, 0.1) is 6.54 Å². The Hall–Kier alpha value is -1.79. The molecule has 1 heterocycles. The third-order valence-corrected chi connectivity index (χ3v) is 4.26. The Morgan fingerprint density at radius 2 is 2.24 bits per heavy atom. The number of hydrogen-bond acceptors (Lipinski definition) is 2. The third kappa shape index (κ3) is 3.65. The zero-order valence-electron chi connectivity index (χ0n) is 13.1. The molecule has 3 nitrogen and oxygen atoms in total. The van der Waals surface area contributed by atoms with Gasteiger partial charge in [-0.15, -0.1) is 0 Å². The van der Waals surface area contributed by atoms with Crippen LogP contribution in [0.5, 0.6) is 0 Å². The molecule has 1 aromatic rings. The summed E-state index contributed by atoms with van der Waals surface area (Å²) in [5.41, 5.74) is 8.12. The molecule has 2 rings (SSSR count). The normalized spacial score (nSPS) is 17.8. The number of carbonyl (C=O) groups excluding carboxylic acids is 1. The summed E-state index contributed by atoms with van der Waals surface area (Å²) in [4.78, 5) is 14.6. The van der Waals surface area contributed by atoms with Gasteiger partial charge in [0.25, 0.3) is 5.91 Å². The summed E-state index contributed by atoms with van der Waals surface area (Å²) in [6.07, 6.45) is 1.11. The van der Waals surface area contributed by atoms with E-state index in [4.69, 9.17) is 5.73 Å². The lowest BCUT2D eigenvalue weighted by atomic mass is 9.95. The van der Waals surface area contributed by atoms with Gasteiger partial charge in [0.1, 0.15) is 0 Å². The summed E-state index contributed by atoms with van der Waals surface area (Å²) in [5, 5.41) is 0. The lowest BCUT2D eigenvalue weighted by Crippen LogP contribution is -2.29. The topological polar surface area (TPSA) is 46.3 Å². The van der Waals surface area contributed by atoms with Gasteiger partial charge in [-0.05, 0) is 42.9 Å². The van der Waals surface area contributed by atoms with E-state index in [1.807, 2.05) is 30.0 Å². The quantitative estimate of drug-likeness (QED) is 0.848. The second-order valence-corrected chi connectivity index (χ2v) is 6.08. The van der Waals surface area contributed by atoms with E-state index in [9.17, 15) is 4.79 Å². The molecule has 1 atom stereocenters. The van der Waals surface area contributed by atoms with Crippen molar-refractivity contribution in [3.8, 4) is 11.8 Å². The van der Waals surface area contributed by atoms with Crippen LogP contribution in [0.3, 0.4) is 0 Å². The number of rotatable bonds is 2. The molecule has 0 radical (unpaired) electrons. The lowest BCUT2D eigenvalue weighted by Gasteiger charge is -2.18. The summed E-state index contributed by atoms with van der Waals surface area (Å²) in [6.45, 7) is 8.52. The molecule has 0 aromatic heterocycles. The Bertz CT molecular complexity index is 581. The summed E-state index contributed by atoms with van der Waals surface area (Å²) >= 11 is 0. The average molecular weight is 284 g/mol. The van der Waals surface area contributed by atoms with Crippen molar-refractivity contribution < 1.29 is 4.79 Å². The highest BCUT2D eigenvalue weighted by Crippen LogP contribution is 2.25. The lowest BCUT2D eigenvalue weighted by molar-refractivity contribution is 0.0784. The van der Waals surface area contributed by atoms with Gasteiger partial charge < -0.3 is 10.6 Å². The first-order chi connectivity index (χ1) is 10.0. The smallest absolute Gasteiger partial charge is 0.253 e. The van der Waals surface area contributed by atoms with Gasteiger partial charge in [-0.2, -0.15) is 0 Å². The Morgan fingerprint density at radius 3 is 2.86 bits per heavy atom. The van der Waals surface area contributed by atoms with Crippen LogP contribution in [0, 0.1) is 30.6 Å². The van der Waals surface area contributed by atoms with Gasteiger partial charge in [0.15, 0.2) is 0 Å². The molecule has 1 aliphatic heterocycles. The van der Waals surface area contributed by atoms with Crippen LogP contribution in [0.4, 0.5) is 0 Å². The molecule has 1 amide bonds. The van der Waals surface area contributed by atoms with Gasteiger partial charge >= 0.3 is 0 Å². The number of nitrogens with zero attached hydrogens (tertiary/aromatic N) is 1. The fraction of sp³-hybridized carbons (Fsp3) is 0.500. The van der Waals surface area contributed by atoms with Crippen LogP contribution in [0.25, 0.3) is 0 Å². The van der Waals surface area contributed by atoms with Crippen molar-refractivity contribution in [2.75, 3.05) is 19.6 Å². The molecule has 112 valence electrons. The number of nitrogens with two attached hydrogens (primary N) is 1. The van der Waals surface area contributed by atoms with Crippen molar-refractivity contribution in [2.45, 2.75) is 27.2 Å². The minimum Gasteiger partial charge on any atom is -0.338 e. The SMILES string of the molecule is Cc1ccc(C(=O)N2CCC(C(C)C)C2)cc1C#CCN. The summed E-state index contributed by atoms with van der Waals surface area (Å²) in [6, 6.07) is 5.75. The zero-order valence-corrected chi connectivity index (χ0v) is 13.1. The van der Waals surface area contributed by atoms with Crippen molar-refractivity contribution in [3.63, 3.8) is 0 Å². The molecule has 0 spiro atoms. The van der Waals surface area contributed by atoms with Crippen LogP contribution < -0.4 is 5.73 Å². The largest absolute Gasteiger partial charge is 0.338 e. The predicted octanol–water partition coefficient (Wildman–Crippen LogP) is 2.42. The first-order valence-corrected chi connectivity index (χ1v) is 7.61. The number of amides is 1. The van der Waals surface area contributed by atoms with E-state index in [0.717, 1.165) is 36.2 Å². The summed E-state index contributed by atoms with van der Waals surface area (Å²) in [5.74, 6) is 7.27. The molecule has 3 heteroatoms. The van der Waals surface area contributed by atoms with E-state index in [2.05, 4.69) is 25.7 Å². The third-order valence-electron chi connectivity index (χ3n) is 4.26. The molecule has 1 saturated heterocycles. The maximum atomic E-state index is 12.6. The monoisotopic (exact) mass is 284 g/mol. The van der Waals surface area contributed by atoms with E-state index in [1.54, 1.807) is 0 Å². The highest BCUT2D eigenvalue weighted by Gasteiger charge is 2.28. The molecule has 1 aromatic carbocycles. The van der Waals surface area contributed by atoms with Crippen LogP contribution in [-0.2, 0) is 0 Å². The number of carbonyl (C=O) groups is 1. The molecule has 0 bridgehead atoms. The Labute approximate surface area is 127 Å². The maximum absolute atomic E-state index is 12.6. The highest BCUT2D eigenvalue weighted by molar-refractivity contribution is 5.94. The van der Waals surface area contributed by atoms with Crippen LogP contribution in [0.15, 0.2) is 18.2 Å². The molecule has 1 fully saturated rings. The van der Waals surface area contributed by atoms with Crippen molar-refractivity contribution in [1.29, 1.82) is 0 Å². The van der Waals surface area contributed by atoms with Gasteiger partial charge in [-0.1, -0.05) is 31.8 Å². The van der Waals surface area contributed by atoms with Gasteiger partial charge in [-0.25, -0.2) is 0 Å². The van der Waals surface area contributed by atoms with Crippen molar-refractivity contribution in [2.24, 2.45) is 17.6 Å². The summed E-state index contributed by atoms with van der Waals surface area (Å²) < 4.78 is 0. The summed E-state index contributed by atoms with van der Waals surface area (Å²) in [7, 11) is 0. The highest BCUT2D eigenvalue weighted by atomic mass is 16.2. The minimum atomic E-state index is 0.119. The Kier molecular flexibility index (Phi) is 5.03. The van der Waals surface area contributed by atoms with Crippen molar-refractivity contribution >= 4 is 5.91 Å². The van der Waals surface area contributed by atoms with E-state index in [0.29, 0.717) is 18.4 Å². The van der Waals surface area contributed by atoms with E-state index < -0.39 is 0 Å². The molecule has 2 N–H and O–H groups in total. The minimum absolute atomic E-state index is 0.119. The number of likely N-dealkylation sites (tertiary alicyclic amines) is 1. The van der Waals surface area contributed by atoms with Crippen LogP contribution in [-0.4, -0.2) is 30.4 Å². The van der Waals surface area contributed by atoms with Crippen LogP contribution in [0.2, 0.25) is 0 Å². The molecule has 1 aliphatic rings. The number of benzene rings is 1. The second-order valence-electron chi connectivity index (χ2n) is 6.08. The fourth-order valence-electron chi connectivity index (χ4n) is 2.73. The van der Waals surface area contributed by atoms with Gasteiger partial charge in [-0.3, -0.25) is 4.79 Å². The number of hydrogen-bond donors (Lipinski definition) is 1. The second kappa shape index (κ2) is 6.78. The predicted molar refractivity (Wildman–Crippen MR) is 86.0 cm³/mol. The maximum Gasteiger partial charge on any atom is 0.253 e. The first-order valence-electron chi connectivity index (χ1n) is 7.61. The van der Waals surface area contributed by atoms with Gasteiger partial charge in [0, 0.05) is 24.2 Å². The molecule has 0 aliphatic carbocycles. The first kappa shape index (κ1) is 15.6. The number of aryl methyl sites for hydroxylation is 1. The van der Waals surface area contributed by atoms with E-state index >= 15 is 0 Å². The molecule has 1 unspecified atom stereocenters. The Balaban J connectivity index is 2.17. The standard InChI is InChI=1S/C18H24N2O/c1-13(2)17-8-10-20(12-17)18(21)16-7-6-14(3)15(11-16)5-4-9-19/h6-7,11,13,17H,8-10,12,19H2,1-3H3. The molecule has 0 saturated carbocycles. The molecule has 21 heavy (non-hydrogen) atoms. The average Bonchev–Trinajstić information content (AvgIpc) is 2.95. The molecular weight excluding hydrogens is 260 g/mol. The van der Waals surface area contributed by atoms with Crippen LogP contribution in [0.1, 0.15) is 41.8 Å². The zero-order chi connectivity index (χ0) is 15.4. The molecular formula is C18H24N2O. The van der Waals surface area contributed by atoms with E-state index in [1.165, 1.54) is 0 Å². The van der Waals surface area contributed by atoms with Crippen molar-refractivity contribution in [1.82, 2.24) is 4.90 Å². The van der Waals surface area contributed by atoms with Crippen LogP contribution >= 0.6 is 0 Å². The van der Waals surface area contributed by atoms with E-state index in [-0.39, 0.29) is 5.91 Å². The fourth-order valence-corrected chi connectivity index (χ4v) is 2.73. The van der Waals surface area contributed by atoms with Gasteiger partial charge in [0.2, 0.25) is 0 Å². The Morgan fingerprint density at radius 1 is 1.48 bits per heavy atom. The van der Waals surface area contributed by atoms with Crippen molar-refractivity contribution in [3.05, 3.63) is 34.9 Å².